The van der Waals surface area contributed by atoms with Crippen LogP contribution in [0.4, 0.5) is 0 Å². The Kier molecular flexibility index (Phi) is 3.48. The third-order valence-corrected chi connectivity index (χ3v) is 5.80. The van der Waals surface area contributed by atoms with Gasteiger partial charge in [0.25, 0.3) is 0 Å². The van der Waals surface area contributed by atoms with Crippen LogP contribution in [-0.4, -0.2) is 19.5 Å². The van der Waals surface area contributed by atoms with E-state index in [1.54, 1.807) is 7.11 Å². The fourth-order valence-corrected chi connectivity index (χ4v) is 5.16. The number of rotatable bonds is 5. The van der Waals surface area contributed by atoms with Crippen LogP contribution in [0.25, 0.3) is 0 Å². The molecule has 0 amide bonds. The Morgan fingerprint density at radius 1 is 1.11 bits per heavy atom. The number of hydrogen-bond donors (Lipinski definition) is 0. The Hall–Kier alpha value is -0.370. The number of ether oxygens (including phenoxy) is 1. The van der Waals surface area contributed by atoms with Crippen LogP contribution in [0, 0.1) is 35.5 Å². The van der Waals surface area contributed by atoms with Gasteiger partial charge in [0.2, 0.25) is 0 Å². The van der Waals surface area contributed by atoms with E-state index in [2.05, 4.69) is 6.92 Å². The molecule has 0 spiro atoms. The van der Waals surface area contributed by atoms with Crippen LogP contribution in [0.5, 0.6) is 0 Å². The fourth-order valence-electron chi connectivity index (χ4n) is 5.16. The Morgan fingerprint density at radius 2 is 1.67 bits per heavy atom. The van der Waals surface area contributed by atoms with Crippen LogP contribution >= 0.6 is 0 Å². The van der Waals surface area contributed by atoms with E-state index in [1.165, 1.54) is 32.1 Å². The van der Waals surface area contributed by atoms with Gasteiger partial charge in [-0.3, -0.25) is 4.79 Å². The predicted octanol–water partition coefficient (Wildman–Crippen LogP) is 3.30. The minimum Gasteiger partial charge on any atom is -0.385 e. The number of methoxy groups -OCH3 is 1. The first-order valence-corrected chi connectivity index (χ1v) is 7.71. The summed E-state index contributed by atoms with van der Waals surface area (Å²) >= 11 is 0. The Morgan fingerprint density at radius 3 is 2.17 bits per heavy atom. The molecule has 4 fully saturated rings. The van der Waals surface area contributed by atoms with Gasteiger partial charge >= 0.3 is 0 Å². The zero-order valence-corrected chi connectivity index (χ0v) is 11.7. The molecule has 1 atom stereocenters. The van der Waals surface area contributed by atoms with E-state index in [0.29, 0.717) is 11.7 Å². The summed E-state index contributed by atoms with van der Waals surface area (Å²) in [6.45, 7) is 2.83. The number of carbonyl (C=O) groups excluding carboxylic acids is 1. The molecule has 2 heteroatoms. The summed E-state index contributed by atoms with van der Waals surface area (Å²) < 4.78 is 5.12. The molecule has 0 aromatic carbocycles. The van der Waals surface area contributed by atoms with Gasteiger partial charge in [0.15, 0.2) is 0 Å². The van der Waals surface area contributed by atoms with Crippen molar-refractivity contribution in [3.8, 4) is 0 Å². The Balaban J connectivity index is 1.67. The van der Waals surface area contributed by atoms with Crippen LogP contribution in [0.15, 0.2) is 0 Å². The summed E-state index contributed by atoms with van der Waals surface area (Å²) in [5.41, 5.74) is 0. The first kappa shape index (κ1) is 12.7. The van der Waals surface area contributed by atoms with Gasteiger partial charge in [-0.15, -0.1) is 0 Å². The zero-order chi connectivity index (χ0) is 12.7. The summed E-state index contributed by atoms with van der Waals surface area (Å²) in [7, 11) is 1.72. The molecule has 0 radical (unpaired) electrons. The molecule has 1 unspecified atom stereocenters. The molecule has 102 valence electrons. The summed E-state index contributed by atoms with van der Waals surface area (Å²) in [6.07, 6.45) is 7.76. The molecule has 0 aromatic heterocycles. The molecule has 4 aliphatic carbocycles. The maximum absolute atomic E-state index is 12.7. The van der Waals surface area contributed by atoms with E-state index < -0.39 is 0 Å². The number of hydrogen-bond acceptors (Lipinski definition) is 2. The van der Waals surface area contributed by atoms with E-state index in [9.17, 15) is 4.79 Å². The summed E-state index contributed by atoms with van der Waals surface area (Å²) in [5, 5.41) is 0. The van der Waals surface area contributed by atoms with Crippen molar-refractivity contribution >= 4 is 5.78 Å². The monoisotopic (exact) mass is 250 g/mol. The fraction of sp³-hybridized carbons (Fsp3) is 0.938. The van der Waals surface area contributed by atoms with Crippen LogP contribution in [-0.2, 0) is 9.53 Å². The zero-order valence-electron chi connectivity index (χ0n) is 11.7. The molecule has 0 aromatic rings. The lowest BCUT2D eigenvalue weighted by atomic mass is 9.50. The lowest BCUT2D eigenvalue weighted by molar-refractivity contribution is -0.140. The first-order chi connectivity index (χ1) is 8.69. The van der Waals surface area contributed by atoms with Gasteiger partial charge in [0, 0.05) is 25.6 Å². The van der Waals surface area contributed by atoms with E-state index in [4.69, 9.17) is 4.74 Å². The van der Waals surface area contributed by atoms with Gasteiger partial charge in [0.05, 0.1) is 0 Å². The smallest absolute Gasteiger partial charge is 0.139 e. The van der Waals surface area contributed by atoms with Crippen LogP contribution in [0.1, 0.15) is 45.4 Å². The minimum atomic E-state index is 0.201. The maximum Gasteiger partial charge on any atom is 0.139 e. The van der Waals surface area contributed by atoms with Gasteiger partial charge in [-0.25, -0.2) is 0 Å². The van der Waals surface area contributed by atoms with Crippen molar-refractivity contribution < 1.29 is 9.53 Å². The van der Waals surface area contributed by atoms with Crippen molar-refractivity contribution in [2.24, 2.45) is 35.5 Å². The molecule has 2 nitrogen and oxygen atoms in total. The van der Waals surface area contributed by atoms with E-state index >= 15 is 0 Å². The van der Waals surface area contributed by atoms with Gasteiger partial charge in [-0.2, -0.15) is 0 Å². The van der Waals surface area contributed by atoms with Crippen LogP contribution < -0.4 is 0 Å². The molecule has 4 aliphatic rings. The molecule has 4 saturated carbocycles. The number of carbonyl (C=O) groups is 1. The van der Waals surface area contributed by atoms with Crippen molar-refractivity contribution in [2.45, 2.75) is 45.4 Å². The number of ketones is 1. The molecule has 4 bridgehead atoms. The molecule has 0 saturated heterocycles. The Bertz CT molecular complexity index is 295. The van der Waals surface area contributed by atoms with Crippen LogP contribution in [0.3, 0.4) is 0 Å². The molecule has 0 aliphatic heterocycles. The average molecular weight is 250 g/mol. The van der Waals surface area contributed by atoms with Gasteiger partial charge in [0.1, 0.15) is 5.78 Å². The third kappa shape index (κ3) is 2.13. The highest BCUT2D eigenvalue weighted by atomic mass is 16.5. The molecule has 0 N–H and O–H groups in total. The lowest BCUT2D eigenvalue weighted by Crippen LogP contribution is -2.49. The largest absolute Gasteiger partial charge is 0.385 e. The van der Waals surface area contributed by atoms with Crippen LogP contribution in [0.2, 0.25) is 0 Å². The highest BCUT2D eigenvalue weighted by Gasteiger charge is 2.50. The van der Waals surface area contributed by atoms with E-state index in [0.717, 1.165) is 36.7 Å². The third-order valence-electron chi connectivity index (χ3n) is 5.80. The minimum absolute atomic E-state index is 0.201. The van der Waals surface area contributed by atoms with Crippen molar-refractivity contribution in [3.63, 3.8) is 0 Å². The van der Waals surface area contributed by atoms with Crippen molar-refractivity contribution in [3.05, 3.63) is 0 Å². The SMILES string of the molecule is COCCC(C)C(=O)C1C2CC3CC(C2)CC1C3. The molecule has 18 heavy (non-hydrogen) atoms. The molecule has 4 rings (SSSR count). The van der Waals surface area contributed by atoms with E-state index in [-0.39, 0.29) is 5.92 Å². The molecular weight excluding hydrogens is 224 g/mol. The van der Waals surface area contributed by atoms with Crippen molar-refractivity contribution in [1.29, 1.82) is 0 Å². The highest BCUT2D eigenvalue weighted by Crippen LogP contribution is 2.57. The topological polar surface area (TPSA) is 26.3 Å². The predicted molar refractivity (Wildman–Crippen MR) is 71.2 cm³/mol. The quantitative estimate of drug-likeness (QED) is 0.748. The van der Waals surface area contributed by atoms with Crippen molar-refractivity contribution in [1.82, 2.24) is 0 Å². The summed E-state index contributed by atoms with van der Waals surface area (Å²) in [6, 6.07) is 0. The molecular formula is C16H26O2. The molecule has 0 heterocycles. The summed E-state index contributed by atoms with van der Waals surface area (Å²) in [5.74, 6) is 4.56. The standard InChI is InChI=1S/C16H26O2/c1-10(3-4-18-2)16(17)15-13-6-11-5-12(8-13)9-14(15)7-11/h10-15H,3-9H2,1-2H3. The van der Waals surface area contributed by atoms with Crippen molar-refractivity contribution in [2.75, 3.05) is 13.7 Å². The highest BCUT2D eigenvalue weighted by molar-refractivity contribution is 5.84. The normalized spacial score (nSPS) is 43.1. The van der Waals surface area contributed by atoms with Gasteiger partial charge in [-0.05, 0) is 62.2 Å². The first-order valence-electron chi connectivity index (χ1n) is 7.71. The second kappa shape index (κ2) is 4.96. The number of Topliss-reactive ketones (excluding diaryl/α,β-unsaturated/α-hetero) is 1. The summed E-state index contributed by atoms with van der Waals surface area (Å²) in [4.78, 5) is 12.7. The second-order valence-electron chi connectivity index (χ2n) is 7.04. The van der Waals surface area contributed by atoms with Gasteiger partial charge in [-0.1, -0.05) is 6.92 Å². The van der Waals surface area contributed by atoms with Gasteiger partial charge < -0.3 is 4.74 Å². The Labute approximate surface area is 110 Å². The maximum atomic E-state index is 12.7. The second-order valence-corrected chi connectivity index (χ2v) is 7.04. The van der Waals surface area contributed by atoms with E-state index in [1.807, 2.05) is 0 Å². The average Bonchev–Trinajstić information content (AvgIpc) is 2.34. The lowest BCUT2D eigenvalue weighted by Gasteiger charge is -2.54.